The third-order valence-electron chi connectivity index (χ3n) is 2.34. The molecular formula is C12H12N2O2. The van der Waals surface area contributed by atoms with Gasteiger partial charge in [-0.05, 0) is 29.3 Å². The van der Waals surface area contributed by atoms with Crippen LogP contribution in [0.5, 0.6) is 5.75 Å². The molecule has 0 fully saturated rings. The van der Waals surface area contributed by atoms with Gasteiger partial charge >= 0.3 is 0 Å². The van der Waals surface area contributed by atoms with Crippen molar-refractivity contribution in [2.75, 3.05) is 12.8 Å². The molecule has 0 atom stereocenters. The number of methoxy groups -OCH3 is 1. The topological polar surface area (TPSA) is 68.1 Å². The Morgan fingerprint density at radius 3 is 2.56 bits per heavy atom. The summed E-state index contributed by atoms with van der Waals surface area (Å²) in [5.74, 6) is 0.633. The highest BCUT2D eigenvalue weighted by Crippen LogP contribution is 2.27. The predicted molar refractivity (Wildman–Crippen MR) is 63.5 cm³/mol. The zero-order chi connectivity index (χ0) is 11.5. The molecule has 4 nitrogen and oxygen atoms in total. The van der Waals surface area contributed by atoms with E-state index in [0.29, 0.717) is 11.4 Å². The molecule has 1 aromatic heterocycles. The van der Waals surface area contributed by atoms with E-state index in [1.807, 2.05) is 12.1 Å². The first-order chi connectivity index (χ1) is 7.70. The van der Waals surface area contributed by atoms with E-state index in [4.69, 9.17) is 10.5 Å². The monoisotopic (exact) mass is 216 g/mol. The minimum Gasteiger partial charge on any atom is -0.495 e. The van der Waals surface area contributed by atoms with Gasteiger partial charge in [0, 0.05) is 12.3 Å². The smallest absolute Gasteiger partial charge is 0.248 e. The van der Waals surface area contributed by atoms with Crippen molar-refractivity contribution in [3.63, 3.8) is 0 Å². The maximum Gasteiger partial charge on any atom is 0.248 e. The summed E-state index contributed by atoms with van der Waals surface area (Å²) in [6.07, 6.45) is 1.61. The lowest BCUT2D eigenvalue weighted by Crippen LogP contribution is -2.02. The van der Waals surface area contributed by atoms with Gasteiger partial charge in [-0.25, -0.2) is 0 Å². The molecule has 0 radical (unpaired) electrons. The van der Waals surface area contributed by atoms with Gasteiger partial charge in [-0.3, -0.25) is 4.79 Å². The Balaban J connectivity index is 2.49. The zero-order valence-electron chi connectivity index (χ0n) is 8.86. The van der Waals surface area contributed by atoms with E-state index in [1.54, 1.807) is 25.4 Å². The number of rotatable bonds is 2. The van der Waals surface area contributed by atoms with Gasteiger partial charge in [-0.15, -0.1) is 0 Å². The first-order valence-corrected chi connectivity index (χ1v) is 4.83. The number of nitrogen functional groups attached to an aromatic ring is 1. The fraction of sp³-hybridized carbons (Fsp3) is 0.0833. The minimum absolute atomic E-state index is 0.133. The number of benzene rings is 1. The molecule has 0 aliphatic heterocycles. The standard InChI is InChI=1S/C12H12N2O2/c1-16-11-3-2-8(6-10(11)13)9-4-5-14-12(15)7-9/h2-7H,13H2,1H3,(H,14,15). The molecule has 0 bridgehead atoms. The summed E-state index contributed by atoms with van der Waals surface area (Å²) in [4.78, 5) is 13.7. The van der Waals surface area contributed by atoms with Crippen molar-refractivity contribution in [3.05, 3.63) is 46.9 Å². The summed E-state index contributed by atoms with van der Waals surface area (Å²) in [7, 11) is 1.57. The Hall–Kier alpha value is -2.23. The van der Waals surface area contributed by atoms with Gasteiger partial charge < -0.3 is 15.5 Å². The number of pyridine rings is 1. The Morgan fingerprint density at radius 1 is 1.19 bits per heavy atom. The molecule has 1 aromatic carbocycles. The third-order valence-corrected chi connectivity index (χ3v) is 2.34. The van der Waals surface area contributed by atoms with Crippen molar-refractivity contribution < 1.29 is 4.74 Å². The van der Waals surface area contributed by atoms with Crippen LogP contribution in [0.1, 0.15) is 0 Å². The molecule has 0 unspecified atom stereocenters. The average Bonchev–Trinajstić information content (AvgIpc) is 2.29. The maximum absolute atomic E-state index is 11.2. The summed E-state index contributed by atoms with van der Waals surface area (Å²) in [5.41, 5.74) is 7.94. The molecule has 0 amide bonds. The summed E-state index contributed by atoms with van der Waals surface area (Å²) in [6.45, 7) is 0. The van der Waals surface area contributed by atoms with Gasteiger partial charge in [0.2, 0.25) is 5.56 Å². The van der Waals surface area contributed by atoms with Gasteiger partial charge in [0.1, 0.15) is 5.75 Å². The van der Waals surface area contributed by atoms with Gasteiger partial charge in [-0.2, -0.15) is 0 Å². The average molecular weight is 216 g/mol. The van der Waals surface area contributed by atoms with Crippen LogP contribution in [0.25, 0.3) is 11.1 Å². The summed E-state index contributed by atoms with van der Waals surface area (Å²) in [5, 5.41) is 0. The molecule has 0 aliphatic carbocycles. The predicted octanol–water partition coefficient (Wildman–Crippen LogP) is 1.63. The van der Waals surface area contributed by atoms with E-state index in [1.165, 1.54) is 6.07 Å². The van der Waals surface area contributed by atoms with Crippen LogP contribution in [0, 0.1) is 0 Å². The molecule has 1 heterocycles. The quantitative estimate of drug-likeness (QED) is 0.750. The zero-order valence-corrected chi connectivity index (χ0v) is 8.86. The van der Waals surface area contributed by atoms with Gasteiger partial charge in [0.05, 0.1) is 12.8 Å². The Labute approximate surface area is 92.7 Å². The van der Waals surface area contributed by atoms with Crippen molar-refractivity contribution in [3.8, 4) is 16.9 Å². The fourth-order valence-corrected chi connectivity index (χ4v) is 1.54. The number of nitrogens with two attached hydrogens (primary N) is 1. The van der Waals surface area contributed by atoms with Crippen LogP contribution >= 0.6 is 0 Å². The number of aromatic amines is 1. The van der Waals surface area contributed by atoms with Crippen LogP contribution in [-0.4, -0.2) is 12.1 Å². The lowest BCUT2D eigenvalue weighted by Gasteiger charge is -2.06. The largest absolute Gasteiger partial charge is 0.495 e. The highest BCUT2D eigenvalue weighted by atomic mass is 16.5. The van der Waals surface area contributed by atoms with Crippen molar-refractivity contribution >= 4 is 5.69 Å². The molecule has 16 heavy (non-hydrogen) atoms. The van der Waals surface area contributed by atoms with Crippen LogP contribution in [-0.2, 0) is 0 Å². The molecule has 2 rings (SSSR count). The second-order valence-corrected chi connectivity index (χ2v) is 3.40. The van der Waals surface area contributed by atoms with Crippen molar-refractivity contribution in [2.24, 2.45) is 0 Å². The highest BCUT2D eigenvalue weighted by molar-refractivity contribution is 5.70. The Morgan fingerprint density at radius 2 is 1.94 bits per heavy atom. The molecule has 0 saturated heterocycles. The van der Waals surface area contributed by atoms with E-state index in [0.717, 1.165) is 11.1 Å². The van der Waals surface area contributed by atoms with Gasteiger partial charge in [0.15, 0.2) is 0 Å². The number of hydrogen-bond acceptors (Lipinski definition) is 3. The second-order valence-electron chi connectivity index (χ2n) is 3.40. The molecule has 82 valence electrons. The lowest BCUT2D eigenvalue weighted by atomic mass is 10.1. The second kappa shape index (κ2) is 4.10. The molecule has 0 aliphatic rings. The fourth-order valence-electron chi connectivity index (χ4n) is 1.54. The number of ether oxygens (including phenoxy) is 1. The third kappa shape index (κ3) is 1.91. The number of aromatic nitrogens is 1. The van der Waals surface area contributed by atoms with E-state index in [-0.39, 0.29) is 5.56 Å². The van der Waals surface area contributed by atoms with Crippen molar-refractivity contribution in [1.82, 2.24) is 4.98 Å². The molecule has 0 saturated carbocycles. The molecule has 0 spiro atoms. The normalized spacial score (nSPS) is 10.1. The highest BCUT2D eigenvalue weighted by Gasteiger charge is 2.02. The lowest BCUT2D eigenvalue weighted by molar-refractivity contribution is 0.417. The number of hydrogen-bond donors (Lipinski definition) is 2. The first-order valence-electron chi connectivity index (χ1n) is 4.83. The van der Waals surface area contributed by atoms with Crippen LogP contribution < -0.4 is 16.0 Å². The summed E-state index contributed by atoms with van der Waals surface area (Å²) < 4.78 is 5.07. The van der Waals surface area contributed by atoms with Gasteiger partial charge in [-0.1, -0.05) is 6.07 Å². The maximum atomic E-state index is 11.2. The minimum atomic E-state index is -0.133. The SMILES string of the molecule is COc1ccc(-c2cc[nH]c(=O)c2)cc1N. The number of nitrogens with one attached hydrogen (secondary N) is 1. The number of H-pyrrole nitrogens is 1. The molecule has 2 aromatic rings. The van der Waals surface area contributed by atoms with E-state index < -0.39 is 0 Å². The molecular weight excluding hydrogens is 204 g/mol. The number of anilines is 1. The molecule has 4 heteroatoms. The Kier molecular flexibility index (Phi) is 2.64. The first kappa shape index (κ1) is 10.3. The van der Waals surface area contributed by atoms with Crippen LogP contribution in [0.15, 0.2) is 41.3 Å². The van der Waals surface area contributed by atoms with E-state index in [9.17, 15) is 4.79 Å². The van der Waals surface area contributed by atoms with Crippen LogP contribution in [0.2, 0.25) is 0 Å². The van der Waals surface area contributed by atoms with E-state index in [2.05, 4.69) is 4.98 Å². The molecule has 3 N–H and O–H groups in total. The van der Waals surface area contributed by atoms with Crippen molar-refractivity contribution in [2.45, 2.75) is 0 Å². The van der Waals surface area contributed by atoms with Gasteiger partial charge in [0.25, 0.3) is 0 Å². The van der Waals surface area contributed by atoms with Crippen LogP contribution in [0.4, 0.5) is 5.69 Å². The Bertz CT molecular complexity index is 561. The summed E-state index contributed by atoms with van der Waals surface area (Å²) in [6, 6.07) is 8.79. The van der Waals surface area contributed by atoms with Crippen LogP contribution in [0.3, 0.4) is 0 Å². The summed E-state index contributed by atoms with van der Waals surface area (Å²) >= 11 is 0. The van der Waals surface area contributed by atoms with E-state index >= 15 is 0 Å². The van der Waals surface area contributed by atoms with Crippen molar-refractivity contribution in [1.29, 1.82) is 0 Å².